The smallest absolute Gasteiger partial charge is 0.330 e. The second-order valence-electron chi connectivity index (χ2n) is 9.70. The highest BCUT2D eigenvalue weighted by molar-refractivity contribution is 5.87. The fraction of sp³-hybridized carbons (Fsp3) is 0.609. The Bertz CT molecular complexity index is 1020. The highest BCUT2D eigenvalue weighted by Crippen LogP contribution is 2.48. The molecule has 33 heavy (non-hydrogen) atoms. The Morgan fingerprint density at radius 1 is 1.30 bits per heavy atom. The molecule has 0 aromatic heterocycles. The molecule has 5 rings (SSSR count). The lowest BCUT2D eigenvalue weighted by Gasteiger charge is -2.38. The monoisotopic (exact) mass is 461 g/mol. The van der Waals surface area contributed by atoms with Gasteiger partial charge in [0.2, 0.25) is 11.8 Å². The van der Waals surface area contributed by atoms with E-state index in [-0.39, 0.29) is 30.4 Å². The van der Waals surface area contributed by atoms with Crippen LogP contribution in [0.2, 0.25) is 0 Å². The average molecular weight is 461 g/mol. The Morgan fingerprint density at radius 2 is 2.06 bits per heavy atom. The topological polar surface area (TPSA) is 93.7 Å². The van der Waals surface area contributed by atoms with Crippen LogP contribution in [0.1, 0.15) is 43.4 Å². The largest absolute Gasteiger partial charge is 0.416 e. The molecule has 0 unspecified atom stereocenters. The van der Waals surface area contributed by atoms with E-state index in [1.165, 1.54) is 6.07 Å². The molecular formula is C23H26F3N5O2. The molecule has 7 nitrogen and oxygen atoms in total. The Balaban J connectivity index is 1.24. The van der Waals surface area contributed by atoms with E-state index in [0.29, 0.717) is 30.9 Å². The number of nitrogens with two attached hydrogens (primary N) is 1. The molecule has 3 heterocycles. The number of rotatable bonds is 5. The molecule has 1 saturated carbocycles. The average Bonchev–Trinajstić information content (AvgIpc) is 3.11. The van der Waals surface area contributed by atoms with E-state index in [9.17, 15) is 28.0 Å². The fourth-order valence-electron chi connectivity index (χ4n) is 5.95. The minimum Gasteiger partial charge on any atom is -0.330 e. The van der Waals surface area contributed by atoms with Crippen LogP contribution >= 0.6 is 0 Å². The molecule has 4 aliphatic rings. The summed E-state index contributed by atoms with van der Waals surface area (Å²) in [6.07, 6.45) is -2.25. The number of hydrogen-bond donors (Lipinski definition) is 1. The van der Waals surface area contributed by atoms with Crippen molar-refractivity contribution < 1.29 is 22.8 Å². The standard InChI is InChI=1S/C23H26F3N5O2/c1-12(13-3-2-4-15(5-13)23(24,25)26)30-17-8-20(22(30)33)29(10-17)11-18(28)21(32)31-16(9-27)6-14-7-19(14)31/h2-5,12,14,16-20H,6-8,10-11,28H2,1H3/t12-,14+,16-,17-,18-,19-,20+/m0/s1. The first kappa shape index (κ1) is 22.2. The number of carbonyl (C=O) groups is 2. The number of fused-ring (bicyclic) bond motifs is 3. The van der Waals surface area contributed by atoms with Gasteiger partial charge in [0.25, 0.3) is 0 Å². The number of hydrogen-bond acceptors (Lipinski definition) is 5. The summed E-state index contributed by atoms with van der Waals surface area (Å²) in [5, 5.41) is 9.34. The number of nitriles is 1. The minimum absolute atomic E-state index is 0.119. The summed E-state index contributed by atoms with van der Waals surface area (Å²) in [6.45, 7) is 2.49. The van der Waals surface area contributed by atoms with Gasteiger partial charge < -0.3 is 15.5 Å². The lowest BCUT2D eigenvalue weighted by Crippen LogP contribution is -2.57. The molecule has 3 saturated heterocycles. The van der Waals surface area contributed by atoms with E-state index in [1.54, 1.807) is 22.8 Å². The maximum Gasteiger partial charge on any atom is 0.416 e. The predicted octanol–water partition coefficient (Wildman–Crippen LogP) is 1.89. The first-order valence-electron chi connectivity index (χ1n) is 11.3. The zero-order valence-corrected chi connectivity index (χ0v) is 18.2. The first-order valence-corrected chi connectivity index (χ1v) is 11.3. The number of piperazine rings is 1. The lowest BCUT2D eigenvalue weighted by atomic mass is 10.0. The van der Waals surface area contributed by atoms with Crippen LogP contribution in [0.5, 0.6) is 0 Å². The SMILES string of the molecule is C[C@@H](c1cccc(C(F)(F)F)c1)N1C(=O)[C@H]2C[C@H]1CN2C[C@H](N)C(=O)N1[C@H](C#N)C[C@@H]2C[C@@H]21. The van der Waals surface area contributed by atoms with Crippen molar-refractivity contribution in [1.82, 2.24) is 14.7 Å². The number of nitrogens with zero attached hydrogens (tertiary/aromatic N) is 4. The van der Waals surface area contributed by atoms with E-state index in [1.807, 2.05) is 4.90 Å². The number of halogens is 3. The summed E-state index contributed by atoms with van der Waals surface area (Å²) in [5.74, 6) is 0.0196. The van der Waals surface area contributed by atoms with Crippen molar-refractivity contribution in [2.45, 2.75) is 68.6 Å². The molecule has 2 bridgehead atoms. The molecule has 2 amide bonds. The van der Waals surface area contributed by atoms with Crippen molar-refractivity contribution in [1.29, 1.82) is 5.26 Å². The third kappa shape index (κ3) is 3.67. The van der Waals surface area contributed by atoms with E-state index in [2.05, 4.69) is 6.07 Å². The Hall–Kier alpha value is -2.64. The molecule has 10 heteroatoms. The van der Waals surface area contributed by atoms with Crippen molar-refractivity contribution in [3.63, 3.8) is 0 Å². The van der Waals surface area contributed by atoms with E-state index in [4.69, 9.17) is 5.73 Å². The highest BCUT2D eigenvalue weighted by Gasteiger charge is 2.56. The number of piperidine rings is 1. The highest BCUT2D eigenvalue weighted by atomic mass is 19.4. The summed E-state index contributed by atoms with van der Waals surface area (Å²) >= 11 is 0. The van der Waals surface area contributed by atoms with Gasteiger partial charge in [0.15, 0.2) is 0 Å². The zero-order valence-electron chi connectivity index (χ0n) is 18.2. The maximum absolute atomic E-state index is 13.1. The number of amides is 2. The van der Waals surface area contributed by atoms with Crippen molar-refractivity contribution in [2.24, 2.45) is 11.7 Å². The molecule has 0 spiro atoms. The molecule has 7 atom stereocenters. The number of carbonyl (C=O) groups excluding carboxylic acids is 2. The van der Waals surface area contributed by atoms with Gasteiger partial charge >= 0.3 is 6.18 Å². The van der Waals surface area contributed by atoms with Crippen LogP contribution in [0.15, 0.2) is 24.3 Å². The van der Waals surface area contributed by atoms with Gasteiger partial charge in [-0.2, -0.15) is 18.4 Å². The molecule has 4 fully saturated rings. The van der Waals surface area contributed by atoms with Crippen molar-refractivity contribution in [3.05, 3.63) is 35.4 Å². The van der Waals surface area contributed by atoms with Crippen LogP contribution in [0, 0.1) is 17.2 Å². The van der Waals surface area contributed by atoms with Crippen LogP contribution in [-0.2, 0) is 15.8 Å². The van der Waals surface area contributed by atoms with Crippen LogP contribution in [0.4, 0.5) is 13.2 Å². The Labute approximate surface area is 189 Å². The molecule has 1 aromatic carbocycles. The normalized spacial score (nSPS) is 32.6. The summed E-state index contributed by atoms with van der Waals surface area (Å²) in [4.78, 5) is 31.3. The molecule has 2 N–H and O–H groups in total. The van der Waals surface area contributed by atoms with Crippen molar-refractivity contribution in [2.75, 3.05) is 13.1 Å². The molecule has 1 aliphatic carbocycles. The maximum atomic E-state index is 13.1. The summed E-state index contributed by atoms with van der Waals surface area (Å²) in [6, 6.07) is 5.11. The second-order valence-corrected chi connectivity index (χ2v) is 9.70. The van der Waals surface area contributed by atoms with E-state index >= 15 is 0 Å². The van der Waals surface area contributed by atoms with Crippen LogP contribution in [0.3, 0.4) is 0 Å². The van der Waals surface area contributed by atoms with Crippen LogP contribution in [-0.4, -0.2) is 69.8 Å². The van der Waals surface area contributed by atoms with E-state index < -0.39 is 35.9 Å². The summed E-state index contributed by atoms with van der Waals surface area (Å²) < 4.78 is 39.3. The van der Waals surface area contributed by atoms with Crippen LogP contribution in [0.25, 0.3) is 0 Å². The van der Waals surface area contributed by atoms with Gasteiger partial charge in [-0.3, -0.25) is 14.5 Å². The summed E-state index contributed by atoms with van der Waals surface area (Å²) in [7, 11) is 0. The molecule has 0 radical (unpaired) electrons. The van der Waals surface area contributed by atoms with Gasteiger partial charge in [-0.25, -0.2) is 0 Å². The van der Waals surface area contributed by atoms with Gasteiger partial charge in [-0.15, -0.1) is 0 Å². The molecule has 176 valence electrons. The first-order chi connectivity index (χ1) is 15.6. The van der Waals surface area contributed by atoms with Crippen molar-refractivity contribution in [3.8, 4) is 6.07 Å². The van der Waals surface area contributed by atoms with Crippen molar-refractivity contribution >= 4 is 11.8 Å². The van der Waals surface area contributed by atoms with Gasteiger partial charge in [-0.05, 0) is 49.8 Å². The second kappa shape index (κ2) is 7.71. The third-order valence-corrected chi connectivity index (χ3v) is 7.68. The zero-order chi connectivity index (χ0) is 23.7. The van der Waals surface area contributed by atoms with Gasteiger partial charge in [0.1, 0.15) is 6.04 Å². The molecular weight excluding hydrogens is 435 g/mol. The minimum atomic E-state index is -4.44. The Morgan fingerprint density at radius 3 is 2.73 bits per heavy atom. The number of likely N-dealkylation sites (tertiary alicyclic amines) is 3. The fourth-order valence-corrected chi connectivity index (χ4v) is 5.95. The van der Waals surface area contributed by atoms with Gasteiger partial charge in [0.05, 0.1) is 29.8 Å². The third-order valence-electron chi connectivity index (χ3n) is 7.68. The van der Waals surface area contributed by atoms with Gasteiger partial charge in [-0.1, -0.05) is 12.1 Å². The molecule has 3 aliphatic heterocycles. The van der Waals surface area contributed by atoms with Gasteiger partial charge in [0, 0.05) is 25.2 Å². The number of alkyl halides is 3. The summed E-state index contributed by atoms with van der Waals surface area (Å²) in [5.41, 5.74) is 5.93. The lowest BCUT2D eigenvalue weighted by molar-refractivity contribution is -0.141. The predicted molar refractivity (Wildman–Crippen MR) is 111 cm³/mol. The number of benzene rings is 1. The molecule has 1 aromatic rings. The Kier molecular flexibility index (Phi) is 5.18. The quantitative estimate of drug-likeness (QED) is 0.723. The van der Waals surface area contributed by atoms with E-state index in [0.717, 1.165) is 18.6 Å². The van der Waals surface area contributed by atoms with Crippen LogP contribution < -0.4 is 5.73 Å².